The van der Waals surface area contributed by atoms with Gasteiger partial charge in [0.15, 0.2) is 0 Å². The molecule has 0 aliphatic heterocycles. The van der Waals surface area contributed by atoms with Crippen molar-refractivity contribution >= 4 is 5.91 Å². The van der Waals surface area contributed by atoms with Crippen molar-refractivity contribution in [2.45, 2.75) is 25.3 Å². The fraction of sp³-hybridized carbons (Fsp3) is 0.462. The molecule has 0 radical (unpaired) electrons. The van der Waals surface area contributed by atoms with Crippen LogP contribution in [-0.2, 0) is 0 Å². The van der Waals surface area contributed by atoms with Crippen LogP contribution in [0.5, 0.6) is 0 Å². The van der Waals surface area contributed by atoms with Crippen LogP contribution in [0, 0.1) is 11.7 Å². The normalized spacial score (nSPS) is 16.6. The Hall–Kier alpha value is -1.42. The second-order valence-electron chi connectivity index (χ2n) is 4.44. The number of aliphatic hydroxyl groups excluding tert-OH is 1. The Labute approximate surface area is 99.7 Å². The number of aliphatic hydroxyl groups is 1. The molecule has 17 heavy (non-hydrogen) atoms. The zero-order chi connectivity index (χ0) is 12.3. The van der Waals surface area contributed by atoms with Crippen molar-refractivity contribution in [1.82, 2.24) is 5.32 Å². The van der Waals surface area contributed by atoms with E-state index in [-0.39, 0.29) is 24.4 Å². The number of nitrogens with one attached hydrogen (secondary N) is 1. The van der Waals surface area contributed by atoms with Crippen LogP contribution in [0.4, 0.5) is 4.39 Å². The largest absolute Gasteiger partial charge is 0.396 e. The molecule has 1 fully saturated rings. The minimum Gasteiger partial charge on any atom is -0.396 e. The Bertz CT molecular complexity index is 387. The highest BCUT2D eigenvalue weighted by molar-refractivity contribution is 5.94. The summed E-state index contributed by atoms with van der Waals surface area (Å²) in [4.78, 5) is 11.9. The molecule has 1 amide bonds. The maximum absolute atomic E-state index is 12.7. The summed E-state index contributed by atoms with van der Waals surface area (Å²) in [6.07, 6.45) is 2.79. The molecule has 1 atom stereocenters. The summed E-state index contributed by atoms with van der Waals surface area (Å²) >= 11 is 0. The van der Waals surface area contributed by atoms with E-state index in [4.69, 9.17) is 5.11 Å². The molecule has 2 rings (SSSR count). The average Bonchev–Trinajstić information content (AvgIpc) is 3.13. The SMILES string of the molecule is O=C(NC(CCO)C1CC1)c1ccc(F)cc1. The Balaban J connectivity index is 1.97. The van der Waals surface area contributed by atoms with E-state index in [0.29, 0.717) is 17.9 Å². The topological polar surface area (TPSA) is 49.3 Å². The maximum atomic E-state index is 12.7. The molecule has 1 unspecified atom stereocenters. The van der Waals surface area contributed by atoms with Gasteiger partial charge >= 0.3 is 0 Å². The van der Waals surface area contributed by atoms with Crippen LogP contribution in [0.1, 0.15) is 29.6 Å². The highest BCUT2D eigenvalue weighted by Gasteiger charge is 2.31. The van der Waals surface area contributed by atoms with Gasteiger partial charge in [0.05, 0.1) is 0 Å². The molecule has 0 aromatic heterocycles. The Morgan fingerprint density at radius 3 is 2.59 bits per heavy atom. The summed E-state index contributed by atoms with van der Waals surface area (Å²) < 4.78 is 12.7. The van der Waals surface area contributed by atoms with Gasteiger partial charge in [-0.2, -0.15) is 0 Å². The van der Waals surface area contributed by atoms with Gasteiger partial charge < -0.3 is 10.4 Å². The number of halogens is 1. The Kier molecular flexibility index (Phi) is 3.74. The molecule has 1 saturated carbocycles. The van der Waals surface area contributed by atoms with E-state index in [2.05, 4.69) is 5.32 Å². The quantitative estimate of drug-likeness (QED) is 0.819. The molecule has 3 nitrogen and oxygen atoms in total. The lowest BCUT2D eigenvalue weighted by molar-refractivity contribution is 0.0924. The first-order chi connectivity index (χ1) is 8.20. The fourth-order valence-electron chi connectivity index (χ4n) is 1.92. The van der Waals surface area contributed by atoms with Gasteiger partial charge in [-0.25, -0.2) is 4.39 Å². The lowest BCUT2D eigenvalue weighted by atomic mass is 10.1. The maximum Gasteiger partial charge on any atom is 0.251 e. The zero-order valence-electron chi connectivity index (χ0n) is 9.53. The third-order valence-corrected chi connectivity index (χ3v) is 3.05. The predicted octanol–water partition coefficient (Wildman–Crippen LogP) is 1.72. The highest BCUT2D eigenvalue weighted by atomic mass is 19.1. The summed E-state index contributed by atoms with van der Waals surface area (Å²) in [5, 5.41) is 11.8. The van der Waals surface area contributed by atoms with E-state index in [9.17, 15) is 9.18 Å². The van der Waals surface area contributed by atoms with E-state index in [1.807, 2.05) is 0 Å². The van der Waals surface area contributed by atoms with Gasteiger partial charge in [-0.05, 0) is 49.4 Å². The van der Waals surface area contributed by atoms with E-state index in [1.54, 1.807) is 0 Å². The van der Waals surface area contributed by atoms with Gasteiger partial charge in [0.25, 0.3) is 5.91 Å². The van der Waals surface area contributed by atoms with E-state index in [0.717, 1.165) is 12.8 Å². The van der Waals surface area contributed by atoms with Crippen LogP contribution in [0.25, 0.3) is 0 Å². The van der Waals surface area contributed by atoms with Gasteiger partial charge in [-0.3, -0.25) is 4.79 Å². The molecular formula is C13H16FNO2. The number of hydrogen-bond donors (Lipinski definition) is 2. The van der Waals surface area contributed by atoms with Gasteiger partial charge in [0.1, 0.15) is 5.82 Å². The van der Waals surface area contributed by atoms with E-state index < -0.39 is 0 Å². The number of hydrogen-bond acceptors (Lipinski definition) is 2. The molecule has 0 heterocycles. The van der Waals surface area contributed by atoms with Crippen molar-refractivity contribution in [3.63, 3.8) is 0 Å². The molecule has 0 saturated heterocycles. The van der Waals surface area contributed by atoms with Crippen LogP contribution in [-0.4, -0.2) is 23.7 Å². The number of benzene rings is 1. The third kappa shape index (κ3) is 3.27. The van der Waals surface area contributed by atoms with Crippen LogP contribution >= 0.6 is 0 Å². The van der Waals surface area contributed by atoms with Crippen molar-refractivity contribution in [1.29, 1.82) is 0 Å². The fourth-order valence-corrected chi connectivity index (χ4v) is 1.92. The minimum atomic E-state index is -0.351. The third-order valence-electron chi connectivity index (χ3n) is 3.05. The number of carbonyl (C=O) groups is 1. The molecule has 1 aromatic rings. The van der Waals surface area contributed by atoms with Crippen LogP contribution in [0.3, 0.4) is 0 Å². The van der Waals surface area contributed by atoms with Crippen LogP contribution in [0.15, 0.2) is 24.3 Å². The first-order valence-corrected chi connectivity index (χ1v) is 5.88. The molecule has 1 aromatic carbocycles. The highest BCUT2D eigenvalue weighted by Crippen LogP contribution is 2.34. The van der Waals surface area contributed by atoms with E-state index >= 15 is 0 Å². The summed E-state index contributed by atoms with van der Waals surface area (Å²) in [7, 11) is 0. The summed E-state index contributed by atoms with van der Waals surface area (Å²) in [5.74, 6) is -0.0578. The Morgan fingerprint density at radius 1 is 1.41 bits per heavy atom. The summed E-state index contributed by atoms with van der Waals surface area (Å²) in [6.45, 7) is 0.0743. The lowest BCUT2D eigenvalue weighted by Crippen LogP contribution is -2.37. The molecule has 1 aliphatic carbocycles. The number of rotatable bonds is 5. The first-order valence-electron chi connectivity index (χ1n) is 5.88. The average molecular weight is 237 g/mol. The molecule has 4 heteroatoms. The van der Waals surface area contributed by atoms with Gasteiger partial charge in [-0.15, -0.1) is 0 Å². The van der Waals surface area contributed by atoms with Gasteiger partial charge in [0, 0.05) is 18.2 Å². The number of amides is 1. The van der Waals surface area contributed by atoms with Crippen molar-refractivity contribution in [2.75, 3.05) is 6.61 Å². The molecule has 1 aliphatic rings. The van der Waals surface area contributed by atoms with Crippen molar-refractivity contribution < 1.29 is 14.3 Å². The molecule has 92 valence electrons. The molecule has 2 N–H and O–H groups in total. The second kappa shape index (κ2) is 5.27. The molecular weight excluding hydrogens is 221 g/mol. The zero-order valence-corrected chi connectivity index (χ0v) is 9.53. The summed E-state index contributed by atoms with van der Waals surface area (Å²) in [6, 6.07) is 5.51. The summed E-state index contributed by atoms with van der Waals surface area (Å²) in [5.41, 5.74) is 0.454. The number of carbonyl (C=O) groups excluding carboxylic acids is 1. The lowest BCUT2D eigenvalue weighted by Gasteiger charge is -2.17. The molecule has 0 bridgehead atoms. The molecule has 0 spiro atoms. The standard InChI is InChI=1S/C13H16FNO2/c14-11-5-3-10(4-6-11)13(17)15-12(7-8-16)9-1-2-9/h3-6,9,12,16H,1-2,7-8H2,(H,15,17). The minimum absolute atomic E-state index is 0.0394. The second-order valence-corrected chi connectivity index (χ2v) is 4.44. The monoisotopic (exact) mass is 237 g/mol. The van der Waals surface area contributed by atoms with Crippen molar-refractivity contribution in [3.05, 3.63) is 35.6 Å². The van der Waals surface area contributed by atoms with Crippen LogP contribution < -0.4 is 5.32 Å². The Morgan fingerprint density at radius 2 is 2.06 bits per heavy atom. The van der Waals surface area contributed by atoms with Crippen molar-refractivity contribution in [3.8, 4) is 0 Å². The smallest absolute Gasteiger partial charge is 0.251 e. The predicted molar refractivity (Wildman–Crippen MR) is 62.1 cm³/mol. The van der Waals surface area contributed by atoms with Crippen molar-refractivity contribution in [2.24, 2.45) is 5.92 Å². The van der Waals surface area contributed by atoms with Gasteiger partial charge in [-0.1, -0.05) is 0 Å². The first kappa shape index (κ1) is 12.0. The van der Waals surface area contributed by atoms with E-state index in [1.165, 1.54) is 24.3 Å². The van der Waals surface area contributed by atoms with Gasteiger partial charge in [0.2, 0.25) is 0 Å². The van der Waals surface area contributed by atoms with Crippen LogP contribution in [0.2, 0.25) is 0 Å².